The molecule has 0 unspecified atom stereocenters. The van der Waals surface area contributed by atoms with Crippen LogP contribution in [-0.2, 0) is 4.79 Å². The fourth-order valence-electron chi connectivity index (χ4n) is 4.93. The van der Waals surface area contributed by atoms with Crippen LogP contribution in [0.15, 0.2) is 79.5 Å². The third-order valence-corrected chi connectivity index (χ3v) is 8.00. The number of aliphatic hydroxyl groups excluding tert-OH is 1. The first-order valence-corrected chi connectivity index (χ1v) is 13.5. The average molecular weight is 556 g/mol. The second-order valence-electron chi connectivity index (χ2n) is 9.42. The number of carbonyl (C=O) groups is 3. The summed E-state index contributed by atoms with van der Waals surface area (Å²) in [4.78, 5) is 47.2. The molecule has 4 aromatic rings. The van der Waals surface area contributed by atoms with E-state index in [1.165, 1.54) is 15.9 Å². The number of likely N-dealkylation sites (tertiary alicyclic amines) is 1. The number of amides is 4. The monoisotopic (exact) mass is 555 g/mol. The summed E-state index contributed by atoms with van der Waals surface area (Å²) in [7, 11) is 0. The van der Waals surface area contributed by atoms with Gasteiger partial charge in [-0.2, -0.15) is 0 Å². The number of urea groups is 1. The number of hydrogen-bond acceptors (Lipinski definition) is 7. The highest BCUT2D eigenvalue weighted by molar-refractivity contribution is 7.21. The summed E-state index contributed by atoms with van der Waals surface area (Å²) in [6.45, 7) is 4.05. The van der Waals surface area contributed by atoms with Gasteiger partial charge in [-0.15, -0.1) is 11.3 Å². The number of nitrogens with zero attached hydrogens (tertiary/aromatic N) is 3. The number of aromatic nitrogens is 1. The summed E-state index contributed by atoms with van der Waals surface area (Å²) in [5.41, 5.74) is 1.58. The minimum atomic E-state index is -0.809. The molecule has 1 fully saturated rings. The quantitative estimate of drug-likeness (QED) is 0.298. The summed E-state index contributed by atoms with van der Waals surface area (Å²) >= 11 is 1.15. The molecule has 0 saturated carbocycles. The van der Waals surface area contributed by atoms with E-state index in [0.717, 1.165) is 11.3 Å². The summed E-state index contributed by atoms with van der Waals surface area (Å²) in [6.07, 6.45) is 2.33. The lowest BCUT2D eigenvalue weighted by Crippen LogP contribution is -2.56. The molecule has 1 saturated heterocycles. The van der Waals surface area contributed by atoms with Crippen LogP contribution in [0.4, 0.5) is 21.9 Å². The summed E-state index contributed by atoms with van der Waals surface area (Å²) in [5, 5.41) is 16.8. The third kappa shape index (κ3) is 4.65. The average Bonchev–Trinajstić information content (AvgIpc) is 3.34. The van der Waals surface area contributed by atoms with E-state index in [0.29, 0.717) is 51.7 Å². The smallest absolute Gasteiger partial charge is 0.331 e. The molecule has 6 rings (SSSR count). The van der Waals surface area contributed by atoms with E-state index in [2.05, 4.69) is 22.2 Å². The number of aliphatic hydroxyl groups is 1. The second-order valence-corrected chi connectivity index (χ2v) is 10.4. The minimum absolute atomic E-state index is 0.158. The number of rotatable bonds is 6. The largest absolute Gasteiger partial charge is 0.457 e. The minimum Gasteiger partial charge on any atom is -0.457 e. The van der Waals surface area contributed by atoms with Gasteiger partial charge in [-0.05, 0) is 55.0 Å². The maximum atomic E-state index is 13.4. The Balaban J connectivity index is 1.28. The maximum absolute atomic E-state index is 13.4. The number of carbonyl (C=O) groups excluding carboxylic acids is 3. The van der Waals surface area contributed by atoms with Crippen molar-refractivity contribution in [2.45, 2.75) is 18.6 Å². The van der Waals surface area contributed by atoms with E-state index in [9.17, 15) is 19.5 Å². The van der Waals surface area contributed by atoms with Crippen molar-refractivity contribution in [1.82, 2.24) is 15.2 Å². The zero-order valence-corrected chi connectivity index (χ0v) is 22.1. The van der Waals surface area contributed by atoms with Crippen LogP contribution < -0.4 is 20.3 Å². The number of benzene rings is 2. The molecule has 11 heteroatoms. The molecule has 2 atom stereocenters. The number of para-hydroxylation sites is 1. The fourth-order valence-corrected chi connectivity index (χ4v) is 5.96. The van der Waals surface area contributed by atoms with Gasteiger partial charge in [0.25, 0.3) is 5.91 Å². The Morgan fingerprint density at radius 1 is 1.12 bits per heavy atom. The molecule has 2 aliphatic rings. The van der Waals surface area contributed by atoms with Crippen molar-refractivity contribution in [2.75, 3.05) is 23.3 Å². The molecular weight excluding hydrogens is 530 g/mol. The van der Waals surface area contributed by atoms with Crippen molar-refractivity contribution in [1.29, 1.82) is 0 Å². The molecule has 0 radical (unpaired) electrons. The van der Waals surface area contributed by atoms with Gasteiger partial charge < -0.3 is 25.4 Å². The molecule has 0 spiro atoms. The molecule has 4 amide bonds. The van der Waals surface area contributed by atoms with Gasteiger partial charge in [0.15, 0.2) is 0 Å². The van der Waals surface area contributed by atoms with Crippen molar-refractivity contribution in [3.05, 3.63) is 84.4 Å². The standard InChI is InChI=1S/C29H25N5O5S/c1-2-23(36)33-15-13-22(35)20(16-33)31-27(37)26-25-24-21(12-14-30-28(24)40-26)34(29(38)32-25)17-8-10-19(11-9-17)39-18-6-4-3-5-7-18/h2-12,14,20,22,35H,1,13,15-16H2,(H,31,37)(H,32,38)/t20-,22-/m1/s1. The van der Waals surface area contributed by atoms with Crippen molar-refractivity contribution < 1.29 is 24.2 Å². The lowest BCUT2D eigenvalue weighted by atomic mass is 10.0. The fraction of sp³-hybridized carbons (Fsp3) is 0.172. The summed E-state index contributed by atoms with van der Waals surface area (Å²) in [5.74, 6) is 0.609. The number of piperidine rings is 1. The normalized spacial score (nSPS) is 18.3. The highest BCUT2D eigenvalue weighted by Gasteiger charge is 2.35. The second kappa shape index (κ2) is 10.4. The maximum Gasteiger partial charge on any atom is 0.331 e. The van der Waals surface area contributed by atoms with E-state index in [1.807, 2.05) is 30.3 Å². The molecule has 4 heterocycles. The van der Waals surface area contributed by atoms with Crippen LogP contribution in [-0.4, -0.2) is 58.1 Å². The third-order valence-electron chi connectivity index (χ3n) is 6.91. The molecule has 40 heavy (non-hydrogen) atoms. The van der Waals surface area contributed by atoms with Crippen LogP contribution >= 0.6 is 11.3 Å². The lowest BCUT2D eigenvalue weighted by molar-refractivity contribution is -0.128. The number of ether oxygens (including phenoxy) is 1. The van der Waals surface area contributed by atoms with Gasteiger partial charge >= 0.3 is 6.03 Å². The summed E-state index contributed by atoms with van der Waals surface area (Å²) < 4.78 is 5.87. The first kappa shape index (κ1) is 25.5. The van der Waals surface area contributed by atoms with E-state index >= 15 is 0 Å². The van der Waals surface area contributed by atoms with Gasteiger partial charge in [0.05, 0.1) is 34.6 Å². The predicted octanol–water partition coefficient (Wildman–Crippen LogP) is 4.65. The van der Waals surface area contributed by atoms with Gasteiger partial charge in [-0.1, -0.05) is 24.8 Å². The van der Waals surface area contributed by atoms with Crippen LogP contribution in [0.25, 0.3) is 10.2 Å². The van der Waals surface area contributed by atoms with Crippen LogP contribution in [0, 0.1) is 0 Å². The first-order chi connectivity index (χ1) is 19.4. The summed E-state index contributed by atoms with van der Waals surface area (Å²) in [6, 6.07) is 17.2. The SMILES string of the molecule is C=CC(=O)N1CC[C@@H](O)[C@H](NC(=O)c2sc3nccc4c3c2NC(=O)N4c2ccc(Oc3ccccc3)cc2)C1. The molecule has 0 bridgehead atoms. The number of pyridine rings is 1. The van der Waals surface area contributed by atoms with Gasteiger partial charge in [0.1, 0.15) is 21.2 Å². The number of hydrogen-bond donors (Lipinski definition) is 3. The molecule has 0 aliphatic carbocycles. The number of thiophene rings is 1. The Morgan fingerprint density at radius 3 is 2.62 bits per heavy atom. The molecule has 10 nitrogen and oxygen atoms in total. The molecule has 2 aromatic carbocycles. The van der Waals surface area contributed by atoms with Gasteiger partial charge in [0.2, 0.25) is 5.91 Å². The van der Waals surface area contributed by atoms with Crippen LogP contribution in [0.2, 0.25) is 0 Å². The molecule has 202 valence electrons. The van der Waals surface area contributed by atoms with E-state index < -0.39 is 24.1 Å². The Bertz CT molecular complexity index is 1620. The van der Waals surface area contributed by atoms with Crippen LogP contribution in [0.5, 0.6) is 11.5 Å². The number of anilines is 3. The predicted molar refractivity (Wildman–Crippen MR) is 152 cm³/mol. The molecular formula is C29H25N5O5S. The van der Waals surface area contributed by atoms with Crippen molar-refractivity contribution in [3.8, 4) is 11.5 Å². The Labute approximate surface area is 233 Å². The lowest BCUT2D eigenvalue weighted by Gasteiger charge is -2.36. The Kier molecular flexibility index (Phi) is 6.66. The Morgan fingerprint density at radius 2 is 1.88 bits per heavy atom. The van der Waals surface area contributed by atoms with Crippen LogP contribution in [0.1, 0.15) is 16.1 Å². The Hall–Kier alpha value is -4.74. The number of nitrogens with one attached hydrogen (secondary N) is 2. The van der Waals surface area contributed by atoms with E-state index in [-0.39, 0.29) is 17.3 Å². The van der Waals surface area contributed by atoms with Crippen molar-refractivity contribution >= 4 is 56.5 Å². The zero-order valence-electron chi connectivity index (χ0n) is 21.2. The zero-order chi connectivity index (χ0) is 27.8. The molecule has 3 N–H and O–H groups in total. The van der Waals surface area contributed by atoms with Gasteiger partial charge in [0, 0.05) is 19.3 Å². The highest BCUT2D eigenvalue weighted by atomic mass is 32.1. The van der Waals surface area contributed by atoms with Gasteiger partial charge in [-0.25, -0.2) is 9.78 Å². The first-order valence-electron chi connectivity index (χ1n) is 12.7. The van der Waals surface area contributed by atoms with Crippen LogP contribution in [0.3, 0.4) is 0 Å². The van der Waals surface area contributed by atoms with E-state index in [4.69, 9.17) is 4.74 Å². The van der Waals surface area contributed by atoms with Crippen molar-refractivity contribution in [2.24, 2.45) is 0 Å². The topological polar surface area (TPSA) is 124 Å². The molecule has 2 aromatic heterocycles. The van der Waals surface area contributed by atoms with Crippen molar-refractivity contribution in [3.63, 3.8) is 0 Å². The molecule has 2 aliphatic heterocycles. The van der Waals surface area contributed by atoms with E-state index in [1.54, 1.807) is 36.5 Å². The van der Waals surface area contributed by atoms with Gasteiger partial charge in [-0.3, -0.25) is 14.5 Å². The highest BCUT2D eigenvalue weighted by Crippen LogP contribution is 2.45.